The summed E-state index contributed by atoms with van der Waals surface area (Å²) in [4.78, 5) is 12.5. The van der Waals surface area contributed by atoms with Crippen LogP contribution in [0, 0.1) is 0 Å². The molecule has 1 aromatic carbocycles. The van der Waals surface area contributed by atoms with Gasteiger partial charge < -0.3 is 11.1 Å². The number of hydrogen-bond acceptors (Lipinski definition) is 3. The van der Waals surface area contributed by atoms with E-state index in [1.165, 1.54) is 12.3 Å². The van der Waals surface area contributed by atoms with Gasteiger partial charge in [-0.3, -0.25) is 4.79 Å². The normalized spacial score (nSPS) is 11.8. The summed E-state index contributed by atoms with van der Waals surface area (Å²) in [6.45, 7) is 4.18. The van der Waals surface area contributed by atoms with Gasteiger partial charge in [-0.2, -0.15) is 18.3 Å². The highest BCUT2D eigenvalue weighted by molar-refractivity contribution is 5.95. The number of benzene rings is 1. The SMILES string of the molecule is CCC(CC)(CN)NC(=O)c1cccc(-n2ccc(C(F)(F)F)n2)c1.Cl. The van der Waals surface area contributed by atoms with E-state index >= 15 is 0 Å². The van der Waals surface area contributed by atoms with Crippen LogP contribution >= 0.6 is 12.4 Å². The number of alkyl halides is 3. The van der Waals surface area contributed by atoms with Crippen LogP contribution in [0.4, 0.5) is 13.2 Å². The number of amides is 1. The third-order valence-corrected chi connectivity index (χ3v) is 4.38. The van der Waals surface area contributed by atoms with Crippen molar-refractivity contribution in [3.8, 4) is 5.69 Å². The minimum Gasteiger partial charge on any atom is -0.345 e. The zero-order valence-corrected chi connectivity index (χ0v) is 15.3. The smallest absolute Gasteiger partial charge is 0.345 e. The van der Waals surface area contributed by atoms with Crippen LogP contribution in [0.3, 0.4) is 0 Å². The van der Waals surface area contributed by atoms with Crippen molar-refractivity contribution in [1.82, 2.24) is 15.1 Å². The molecule has 0 aliphatic carbocycles. The summed E-state index contributed by atoms with van der Waals surface area (Å²) < 4.78 is 39.1. The average molecular weight is 391 g/mol. The van der Waals surface area contributed by atoms with Crippen LogP contribution in [-0.2, 0) is 6.18 Å². The molecular formula is C17H22ClF3N4O. The molecule has 0 bridgehead atoms. The fraction of sp³-hybridized carbons (Fsp3) is 0.412. The van der Waals surface area contributed by atoms with Gasteiger partial charge in [0.1, 0.15) is 0 Å². The summed E-state index contributed by atoms with van der Waals surface area (Å²) in [5, 5.41) is 6.45. The zero-order valence-electron chi connectivity index (χ0n) is 14.5. The maximum Gasteiger partial charge on any atom is 0.435 e. The summed E-state index contributed by atoms with van der Waals surface area (Å²) in [5.41, 5.74) is 5.01. The Bertz CT molecular complexity index is 733. The van der Waals surface area contributed by atoms with Crippen molar-refractivity contribution in [2.45, 2.75) is 38.4 Å². The lowest BCUT2D eigenvalue weighted by atomic mass is 9.92. The van der Waals surface area contributed by atoms with Gasteiger partial charge in [0.2, 0.25) is 0 Å². The third kappa shape index (κ3) is 4.76. The standard InChI is InChI=1S/C17H21F3N4O.ClH/c1-3-16(4-2,11-21)22-15(25)12-6-5-7-13(10-12)24-9-8-14(23-24)17(18,19)20;/h5-10H,3-4,11,21H2,1-2H3,(H,22,25);1H. The first-order valence-corrected chi connectivity index (χ1v) is 8.00. The van der Waals surface area contributed by atoms with Gasteiger partial charge in [0.05, 0.1) is 11.2 Å². The van der Waals surface area contributed by atoms with E-state index in [1.54, 1.807) is 18.2 Å². The second-order valence-corrected chi connectivity index (χ2v) is 5.84. The summed E-state index contributed by atoms with van der Waals surface area (Å²) in [6, 6.07) is 7.16. The highest BCUT2D eigenvalue weighted by Crippen LogP contribution is 2.28. The number of carbonyl (C=O) groups excluding carboxylic acids is 1. The van der Waals surface area contributed by atoms with E-state index in [4.69, 9.17) is 5.73 Å². The van der Waals surface area contributed by atoms with Crippen molar-refractivity contribution >= 4 is 18.3 Å². The fourth-order valence-electron chi connectivity index (χ4n) is 2.49. The molecule has 9 heteroatoms. The summed E-state index contributed by atoms with van der Waals surface area (Å²) in [7, 11) is 0. The van der Waals surface area contributed by atoms with Gasteiger partial charge >= 0.3 is 6.18 Å². The molecule has 5 nitrogen and oxygen atoms in total. The molecule has 3 N–H and O–H groups in total. The number of hydrogen-bond donors (Lipinski definition) is 2. The van der Waals surface area contributed by atoms with Crippen molar-refractivity contribution < 1.29 is 18.0 Å². The maximum atomic E-state index is 12.7. The molecule has 2 aromatic rings. The largest absolute Gasteiger partial charge is 0.435 e. The number of aromatic nitrogens is 2. The highest BCUT2D eigenvalue weighted by atomic mass is 35.5. The summed E-state index contributed by atoms with van der Waals surface area (Å²) in [5.74, 6) is -0.320. The van der Waals surface area contributed by atoms with E-state index in [-0.39, 0.29) is 18.3 Å². The Kier molecular flexibility index (Phi) is 7.23. The average Bonchev–Trinajstić information content (AvgIpc) is 3.10. The molecule has 1 heterocycles. The summed E-state index contributed by atoms with van der Waals surface area (Å²) >= 11 is 0. The van der Waals surface area contributed by atoms with Gasteiger partial charge in [-0.25, -0.2) is 4.68 Å². The van der Waals surface area contributed by atoms with E-state index in [0.29, 0.717) is 30.6 Å². The number of carbonyl (C=O) groups is 1. The van der Waals surface area contributed by atoms with Gasteiger partial charge in [-0.1, -0.05) is 19.9 Å². The molecule has 0 atom stereocenters. The van der Waals surface area contributed by atoms with Crippen LogP contribution in [-0.4, -0.2) is 27.8 Å². The lowest BCUT2D eigenvalue weighted by molar-refractivity contribution is -0.141. The lowest BCUT2D eigenvalue weighted by Gasteiger charge is -2.31. The minimum absolute atomic E-state index is 0. The van der Waals surface area contributed by atoms with E-state index in [0.717, 1.165) is 10.7 Å². The molecule has 0 unspecified atom stereocenters. The van der Waals surface area contributed by atoms with Gasteiger partial charge in [-0.05, 0) is 37.1 Å². The monoisotopic (exact) mass is 390 g/mol. The molecule has 144 valence electrons. The summed E-state index contributed by atoms with van der Waals surface area (Å²) in [6.07, 6.45) is -1.94. The number of nitrogens with one attached hydrogen (secondary N) is 1. The van der Waals surface area contributed by atoms with Crippen molar-refractivity contribution in [2.24, 2.45) is 5.73 Å². The van der Waals surface area contributed by atoms with Gasteiger partial charge in [-0.15, -0.1) is 12.4 Å². The first-order chi connectivity index (χ1) is 11.7. The maximum absolute atomic E-state index is 12.7. The zero-order chi connectivity index (χ0) is 18.7. The number of halogens is 4. The van der Waals surface area contributed by atoms with Crippen LogP contribution in [0.1, 0.15) is 42.7 Å². The molecule has 0 aliphatic rings. The minimum atomic E-state index is -4.51. The topological polar surface area (TPSA) is 72.9 Å². The predicted molar refractivity (Wildman–Crippen MR) is 95.6 cm³/mol. The Labute approximate surface area is 156 Å². The van der Waals surface area contributed by atoms with Crippen molar-refractivity contribution in [1.29, 1.82) is 0 Å². The van der Waals surface area contributed by atoms with Gasteiger partial charge in [0.25, 0.3) is 5.91 Å². The van der Waals surface area contributed by atoms with Gasteiger partial charge in [0.15, 0.2) is 5.69 Å². The quantitative estimate of drug-likeness (QED) is 0.792. The molecule has 0 aliphatic heterocycles. The van der Waals surface area contributed by atoms with E-state index < -0.39 is 17.4 Å². The Balaban J connectivity index is 0.00000338. The second-order valence-electron chi connectivity index (χ2n) is 5.84. The Morgan fingerprint density at radius 3 is 2.38 bits per heavy atom. The van der Waals surface area contributed by atoms with Crippen molar-refractivity contribution in [3.05, 3.63) is 47.8 Å². The molecule has 0 fully saturated rings. The fourth-order valence-corrected chi connectivity index (χ4v) is 2.49. The molecule has 0 spiro atoms. The number of rotatable bonds is 6. The van der Waals surface area contributed by atoms with Crippen LogP contribution in [0.15, 0.2) is 36.5 Å². The van der Waals surface area contributed by atoms with E-state index in [9.17, 15) is 18.0 Å². The molecule has 26 heavy (non-hydrogen) atoms. The number of nitrogens with zero attached hydrogens (tertiary/aromatic N) is 2. The van der Waals surface area contributed by atoms with Crippen molar-refractivity contribution in [3.63, 3.8) is 0 Å². The lowest BCUT2D eigenvalue weighted by Crippen LogP contribution is -2.52. The second kappa shape index (κ2) is 8.55. The Hall–Kier alpha value is -2.06. The van der Waals surface area contributed by atoms with Crippen LogP contribution in [0.5, 0.6) is 0 Å². The Morgan fingerprint density at radius 1 is 1.23 bits per heavy atom. The molecule has 0 radical (unpaired) electrons. The molecule has 1 amide bonds. The van der Waals surface area contributed by atoms with Gasteiger partial charge in [0, 0.05) is 18.3 Å². The Morgan fingerprint density at radius 2 is 1.88 bits per heavy atom. The predicted octanol–water partition coefficient (Wildman–Crippen LogP) is 3.56. The molecule has 0 saturated carbocycles. The molecule has 1 aromatic heterocycles. The van der Waals surface area contributed by atoms with Crippen LogP contribution < -0.4 is 11.1 Å². The van der Waals surface area contributed by atoms with Crippen molar-refractivity contribution in [2.75, 3.05) is 6.54 Å². The highest BCUT2D eigenvalue weighted by Gasteiger charge is 2.33. The third-order valence-electron chi connectivity index (χ3n) is 4.38. The first kappa shape index (κ1) is 22.0. The molecular weight excluding hydrogens is 369 g/mol. The first-order valence-electron chi connectivity index (χ1n) is 8.00. The van der Waals surface area contributed by atoms with E-state index in [2.05, 4.69) is 10.4 Å². The molecule has 0 saturated heterocycles. The van der Waals surface area contributed by atoms with Crippen LogP contribution in [0.25, 0.3) is 5.69 Å². The molecule has 2 rings (SSSR count). The number of nitrogens with two attached hydrogens (primary N) is 1. The van der Waals surface area contributed by atoms with Crippen LogP contribution in [0.2, 0.25) is 0 Å². The van der Waals surface area contributed by atoms with E-state index in [1.807, 2.05) is 13.8 Å².